The summed E-state index contributed by atoms with van der Waals surface area (Å²) in [5.74, 6) is -0.957. The summed E-state index contributed by atoms with van der Waals surface area (Å²) < 4.78 is 86.6. The minimum Gasteiger partial charge on any atom is -0.368 e. The van der Waals surface area contributed by atoms with E-state index < -0.39 is 50.9 Å². The smallest absolute Gasteiger partial charge is 0.368 e. The molecule has 3 aliphatic rings. The van der Waals surface area contributed by atoms with E-state index in [1.807, 2.05) is 4.72 Å². The molecular formula is C24H24F4N2O4S. The third-order valence-corrected chi connectivity index (χ3v) is 8.43. The van der Waals surface area contributed by atoms with Crippen LogP contribution < -0.4 is 4.72 Å². The molecule has 1 spiro atoms. The molecule has 2 saturated heterocycles. The van der Waals surface area contributed by atoms with Gasteiger partial charge in [0.1, 0.15) is 11.9 Å². The van der Waals surface area contributed by atoms with Crippen LogP contribution in [0.1, 0.15) is 24.8 Å². The van der Waals surface area contributed by atoms with Gasteiger partial charge in [0.25, 0.3) is 5.91 Å². The van der Waals surface area contributed by atoms with Crippen LogP contribution in [0.15, 0.2) is 48.5 Å². The van der Waals surface area contributed by atoms with Crippen LogP contribution in [-0.2, 0) is 26.0 Å². The van der Waals surface area contributed by atoms with Gasteiger partial charge in [0, 0.05) is 23.9 Å². The first-order valence-electron chi connectivity index (χ1n) is 11.4. The Morgan fingerprint density at radius 1 is 1.11 bits per heavy atom. The first-order chi connectivity index (χ1) is 16.5. The lowest BCUT2D eigenvalue weighted by atomic mass is 9.91. The number of benzene rings is 2. The Labute approximate surface area is 200 Å². The molecule has 1 aliphatic carbocycles. The number of halogens is 4. The van der Waals surface area contributed by atoms with Crippen LogP contribution in [0.25, 0.3) is 11.1 Å². The third-order valence-electron chi connectivity index (χ3n) is 7.26. The third kappa shape index (κ3) is 4.34. The zero-order chi connectivity index (χ0) is 25.0. The minimum atomic E-state index is -5.67. The van der Waals surface area contributed by atoms with Gasteiger partial charge in [0.05, 0.1) is 18.7 Å². The summed E-state index contributed by atoms with van der Waals surface area (Å²) in [6.45, 7) is 0.499. The van der Waals surface area contributed by atoms with Gasteiger partial charge in [0.2, 0.25) is 0 Å². The van der Waals surface area contributed by atoms with E-state index in [0.29, 0.717) is 37.0 Å². The van der Waals surface area contributed by atoms with Crippen molar-refractivity contribution in [2.45, 2.75) is 49.4 Å². The molecule has 6 nitrogen and oxygen atoms in total. The Kier molecular flexibility index (Phi) is 5.92. The second-order valence-corrected chi connectivity index (χ2v) is 11.1. The fraction of sp³-hybridized carbons (Fsp3) is 0.458. The highest BCUT2D eigenvalue weighted by Gasteiger charge is 2.63. The topological polar surface area (TPSA) is 75.7 Å². The molecule has 1 amide bonds. The minimum absolute atomic E-state index is 0.0986. The van der Waals surface area contributed by atoms with Crippen molar-refractivity contribution in [1.29, 1.82) is 0 Å². The van der Waals surface area contributed by atoms with Crippen molar-refractivity contribution < 1.29 is 35.5 Å². The van der Waals surface area contributed by atoms with Gasteiger partial charge in [-0.25, -0.2) is 17.5 Å². The van der Waals surface area contributed by atoms with Crippen LogP contribution in [-0.4, -0.2) is 56.1 Å². The molecule has 3 fully saturated rings. The lowest BCUT2D eigenvalue weighted by molar-refractivity contribution is -0.157. The summed E-state index contributed by atoms with van der Waals surface area (Å²) in [4.78, 5) is 14.5. The Balaban J connectivity index is 1.52. The molecule has 0 aromatic heterocycles. The van der Waals surface area contributed by atoms with E-state index >= 15 is 4.39 Å². The molecule has 1 N–H and O–H groups in total. The van der Waals surface area contributed by atoms with Gasteiger partial charge in [0.15, 0.2) is 0 Å². The molecule has 35 heavy (non-hydrogen) atoms. The van der Waals surface area contributed by atoms with Crippen LogP contribution in [0.3, 0.4) is 0 Å². The number of nitrogens with zero attached hydrogens (tertiary/aromatic N) is 1. The van der Waals surface area contributed by atoms with Gasteiger partial charge in [-0.2, -0.15) is 13.2 Å². The van der Waals surface area contributed by atoms with Crippen molar-refractivity contribution in [3.05, 3.63) is 59.9 Å². The number of carbonyl (C=O) groups excluding carboxylic acids is 1. The first kappa shape index (κ1) is 24.2. The van der Waals surface area contributed by atoms with Crippen molar-refractivity contribution in [1.82, 2.24) is 9.62 Å². The van der Waals surface area contributed by atoms with Crippen LogP contribution in [0, 0.1) is 11.2 Å². The number of hydrogen-bond donors (Lipinski definition) is 1. The van der Waals surface area contributed by atoms with E-state index in [9.17, 15) is 26.4 Å². The Bertz CT molecular complexity index is 1230. The van der Waals surface area contributed by atoms with Gasteiger partial charge < -0.3 is 9.64 Å². The molecule has 3 atom stereocenters. The van der Waals surface area contributed by atoms with Gasteiger partial charge in [-0.05, 0) is 30.4 Å². The van der Waals surface area contributed by atoms with E-state index in [0.717, 1.165) is 0 Å². The molecule has 5 rings (SSSR count). The number of carbonyl (C=O) groups is 1. The fourth-order valence-electron chi connectivity index (χ4n) is 5.10. The highest BCUT2D eigenvalue weighted by molar-refractivity contribution is 7.90. The number of likely N-dealkylation sites (tertiary alicyclic amines) is 1. The second-order valence-electron chi connectivity index (χ2n) is 9.44. The van der Waals surface area contributed by atoms with Crippen molar-refractivity contribution in [3.8, 4) is 11.1 Å². The average molecular weight is 513 g/mol. The highest BCUT2D eigenvalue weighted by Crippen LogP contribution is 2.56. The highest BCUT2D eigenvalue weighted by atomic mass is 32.2. The number of amides is 1. The normalized spacial score (nSPS) is 25.5. The molecule has 1 saturated carbocycles. The average Bonchev–Trinajstić information content (AvgIpc) is 3.49. The first-order valence-corrected chi connectivity index (χ1v) is 12.8. The largest absolute Gasteiger partial charge is 0.511 e. The van der Waals surface area contributed by atoms with Crippen LogP contribution in [0.2, 0.25) is 0 Å². The number of hydrogen-bond acceptors (Lipinski definition) is 4. The molecule has 0 radical (unpaired) electrons. The molecule has 1 unspecified atom stereocenters. The Morgan fingerprint density at radius 2 is 1.80 bits per heavy atom. The number of alkyl halides is 3. The van der Waals surface area contributed by atoms with Crippen molar-refractivity contribution in [2.75, 3.05) is 13.2 Å². The number of rotatable bonds is 6. The molecule has 0 bridgehead atoms. The summed E-state index contributed by atoms with van der Waals surface area (Å²) in [5, 5.41) is 0. The zero-order valence-corrected chi connectivity index (χ0v) is 19.4. The molecule has 2 heterocycles. The SMILES string of the molecule is O=C(C1CCO1)N1CC2(CC2)[C@H](NS(=O)(=O)C(F)(F)F)[C@@H]1Cc1cccc(-c2ccccc2)c1F. The molecule has 2 aromatic carbocycles. The molecule has 188 valence electrons. The summed E-state index contributed by atoms with van der Waals surface area (Å²) in [5.41, 5.74) is -5.18. The van der Waals surface area contributed by atoms with E-state index in [4.69, 9.17) is 4.74 Å². The number of nitrogens with one attached hydrogen (secondary N) is 1. The zero-order valence-electron chi connectivity index (χ0n) is 18.6. The summed E-state index contributed by atoms with van der Waals surface area (Å²) in [7, 11) is -5.67. The monoisotopic (exact) mass is 512 g/mol. The molecule has 11 heteroatoms. The van der Waals surface area contributed by atoms with Gasteiger partial charge in [-0.1, -0.05) is 48.5 Å². The van der Waals surface area contributed by atoms with Gasteiger partial charge >= 0.3 is 15.5 Å². The van der Waals surface area contributed by atoms with Crippen molar-refractivity contribution in [3.63, 3.8) is 0 Å². The number of sulfonamides is 1. The maximum Gasteiger partial charge on any atom is 0.511 e. The lowest BCUT2D eigenvalue weighted by Gasteiger charge is -2.34. The molecule has 2 aromatic rings. The fourth-order valence-corrected chi connectivity index (χ4v) is 5.97. The lowest BCUT2D eigenvalue weighted by Crippen LogP contribution is -2.54. The van der Waals surface area contributed by atoms with Crippen molar-refractivity contribution >= 4 is 15.9 Å². The predicted molar refractivity (Wildman–Crippen MR) is 119 cm³/mol. The summed E-state index contributed by atoms with van der Waals surface area (Å²) >= 11 is 0. The van der Waals surface area contributed by atoms with Crippen LogP contribution in [0.4, 0.5) is 17.6 Å². The van der Waals surface area contributed by atoms with Crippen LogP contribution >= 0.6 is 0 Å². The Hall–Kier alpha value is -2.50. The van der Waals surface area contributed by atoms with E-state index in [1.165, 1.54) is 11.0 Å². The summed E-state index contributed by atoms with van der Waals surface area (Å²) in [6.07, 6.45) is 0.558. The van der Waals surface area contributed by atoms with E-state index in [1.54, 1.807) is 42.5 Å². The molecule has 2 aliphatic heterocycles. The predicted octanol–water partition coefficient (Wildman–Crippen LogP) is 3.62. The van der Waals surface area contributed by atoms with E-state index in [2.05, 4.69) is 0 Å². The Morgan fingerprint density at radius 3 is 2.37 bits per heavy atom. The summed E-state index contributed by atoms with van der Waals surface area (Å²) in [6, 6.07) is 11.3. The van der Waals surface area contributed by atoms with Crippen molar-refractivity contribution in [2.24, 2.45) is 5.41 Å². The van der Waals surface area contributed by atoms with Gasteiger partial charge in [-0.15, -0.1) is 0 Å². The number of ether oxygens (including phenoxy) is 1. The van der Waals surface area contributed by atoms with Gasteiger partial charge in [-0.3, -0.25) is 4.79 Å². The van der Waals surface area contributed by atoms with Crippen LogP contribution in [0.5, 0.6) is 0 Å². The quantitative estimate of drug-likeness (QED) is 0.600. The molecular weight excluding hydrogens is 488 g/mol. The standard InChI is InChI=1S/C24H24F4N2O4S/c25-20-16(7-4-8-17(20)15-5-2-1-3-6-15)13-18-21(29-35(32,33)24(26,27)28)23(10-11-23)14-30(18)22(31)19-9-12-34-19/h1-8,18-19,21,29H,9-14H2/t18-,19?,21+/m0/s1. The maximum atomic E-state index is 15.6. The van der Waals surface area contributed by atoms with E-state index in [-0.39, 0.29) is 18.5 Å². The second kappa shape index (κ2) is 8.56. The maximum absolute atomic E-state index is 15.6.